The van der Waals surface area contributed by atoms with Crippen molar-refractivity contribution in [2.24, 2.45) is 5.11 Å². The van der Waals surface area contributed by atoms with Gasteiger partial charge in [0.2, 0.25) is 0 Å². The number of pyridine rings is 1. The van der Waals surface area contributed by atoms with Crippen molar-refractivity contribution in [2.75, 3.05) is 0 Å². The van der Waals surface area contributed by atoms with Gasteiger partial charge in [-0.1, -0.05) is 41.5 Å². The standard InChI is InChI=1S/C16H15N5/c17-20-19-10-14-6-8-15-11-18-16(21(15)12-14)9-7-13-4-2-1-3-5-13/h1-6,8,11-12H,7,9-10H2. The molecule has 0 bridgehead atoms. The van der Waals surface area contributed by atoms with E-state index in [2.05, 4.69) is 43.7 Å². The lowest BCUT2D eigenvalue weighted by Crippen LogP contribution is -1.99. The maximum absolute atomic E-state index is 8.40. The molecule has 2 heterocycles. The SMILES string of the molecule is [N-]=[N+]=NCc1ccc2cnc(CCc3ccccc3)n2c1. The molecule has 21 heavy (non-hydrogen) atoms. The molecule has 0 amide bonds. The molecule has 0 radical (unpaired) electrons. The largest absolute Gasteiger partial charge is 0.303 e. The highest BCUT2D eigenvalue weighted by Crippen LogP contribution is 2.13. The molecule has 0 spiro atoms. The van der Waals surface area contributed by atoms with E-state index in [4.69, 9.17) is 5.53 Å². The van der Waals surface area contributed by atoms with E-state index in [1.807, 2.05) is 30.6 Å². The summed E-state index contributed by atoms with van der Waals surface area (Å²) in [6.07, 6.45) is 5.71. The van der Waals surface area contributed by atoms with Gasteiger partial charge < -0.3 is 4.40 Å². The van der Waals surface area contributed by atoms with E-state index < -0.39 is 0 Å². The molecule has 0 aliphatic rings. The molecule has 0 unspecified atom stereocenters. The number of nitrogens with zero attached hydrogens (tertiary/aromatic N) is 5. The van der Waals surface area contributed by atoms with Gasteiger partial charge in [0, 0.05) is 17.5 Å². The molecule has 2 aromatic heterocycles. The summed E-state index contributed by atoms with van der Waals surface area (Å²) in [6.45, 7) is 0.364. The molecule has 0 saturated carbocycles. The Kier molecular flexibility index (Phi) is 3.85. The summed E-state index contributed by atoms with van der Waals surface area (Å²) in [6, 6.07) is 14.4. The first-order valence-corrected chi connectivity index (χ1v) is 6.86. The van der Waals surface area contributed by atoms with Gasteiger partial charge in [0.15, 0.2) is 0 Å². The summed E-state index contributed by atoms with van der Waals surface area (Å²) in [7, 11) is 0. The Morgan fingerprint density at radius 1 is 1.05 bits per heavy atom. The van der Waals surface area contributed by atoms with Gasteiger partial charge in [0.25, 0.3) is 0 Å². The molecule has 0 aliphatic heterocycles. The number of hydrogen-bond donors (Lipinski definition) is 0. The van der Waals surface area contributed by atoms with Crippen LogP contribution in [-0.2, 0) is 19.4 Å². The van der Waals surface area contributed by atoms with Crippen molar-refractivity contribution < 1.29 is 0 Å². The van der Waals surface area contributed by atoms with Crippen LogP contribution >= 0.6 is 0 Å². The van der Waals surface area contributed by atoms with Gasteiger partial charge in [-0.2, -0.15) is 0 Å². The zero-order valence-corrected chi connectivity index (χ0v) is 11.6. The summed E-state index contributed by atoms with van der Waals surface area (Å²) in [4.78, 5) is 7.29. The Labute approximate surface area is 122 Å². The number of benzene rings is 1. The number of imidazole rings is 1. The topological polar surface area (TPSA) is 66.1 Å². The minimum Gasteiger partial charge on any atom is -0.303 e. The van der Waals surface area contributed by atoms with E-state index in [-0.39, 0.29) is 0 Å². The van der Waals surface area contributed by atoms with Crippen LogP contribution in [0.1, 0.15) is 17.0 Å². The van der Waals surface area contributed by atoms with Gasteiger partial charge in [0.05, 0.1) is 18.3 Å². The predicted molar refractivity (Wildman–Crippen MR) is 81.9 cm³/mol. The highest BCUT2D eigenvalue weighted by Gasteiger charge is 2.04. The van der Waals surface area contributed by atoms with Crippen LogP contribution in [0.4, 0.5) is 0 Å². The van der Waals surface area contributed by atoms with Crippen molar-refractivity contribution in [1.82, 2.24) is 9.38 Å². The van der Waals surface area contributed by atoms with Gasteiger partial charge in [-0.15, -0.1) is 0 Å². The maximum Gasteiger partial charge on any atom is 0.113 e. The number of aromatic nitrogens is 2. The van der Waals surface area contributed by atoms with E-state index in [9.17, 15) is 0 Å². The first kappa shape index (κ1) is 13.2. The Morgan fingerprint density at radius 3 is 2.71 bits per heavy atom. The van der Waals surface area contributed by atoms with E-state index >= 15 is 0 Å². The van der Waals surface area contributed by atoms with E-state index in [1.54, 1.807) is 0 Å². The average molecular weight is 277 g/mol. The number of hydrogen-bond acceptors (Lipinski definition) is 2. The third-order valence-corrected chi connectivity index (χ3v) is 3.46. The fraction of sp³-hybridized carbons (Fsp3) is 0.188. The van der Waals surface area contributed by atoms with Gasteiger partial charge in [0.1, 0.15) is 5.82 Å². The third-order valence-electron chi connectivity index (χ3n) is 3.46. The molecule has 0 atom stereocenters. The van der Waals surface area contributed by atoms with Crippen molar-refractivity contribution in [2.45, 2.75) is 19.4 Å². The second-order valence-corrected chi connectivity index (χ2v) is 4.88. The molecule has 3 rings (SSSR count). The monoisotopic (exact) mass is 277 g/mol. The minimum absolute atomic E-state index is 0.364. The molecule has 0 saturated heterocycles. The second kappa shape index (κ2) is 6.11. The lowest BCUT2D eigenvalue weighted by molar-refractivity contribution is 0.847. The molecule has 0 aliphatic carbocycles. The molecule has 104 valence electrons. The number of rotatable bonds is 5. The van der Waals surface area contributed by atoms with Crippen molar-refractivity contribution in [3.8, 4) is 0 Å². The summed E-state index contributed by atoms with van der Waals surface area (Å²) in [5.41, 5.74) is 11.8. The zero-order valence-electron chi connectivity index (χ0n) is 11.6. The van der Waals surface area contributed by atoms with Crippen LogP contribution in [0.5, 0.6) is 0 Å². The predicted octanol–water partition coefficient (Wildman–Crippen LogP) is 3.93. The minimum atomic E-state index is 0.364. The van der Waals surface area contributed by atoms with E-state index in [1.165, 1.54) is 5.56 Å². The lowest BCUT2D eigenvalue weighted by atomic mass is 10.1. The Balaban J connectivity index is 1.83. The normalized spacial score (nSPS) is 10.5. The number of azide groups is 1. The van der Waals surface area contributed by atoms with E-state index in [0.717, 1.165) is 29.7 Å². The summed E-state index contributed by atoms with van der Waals surface area (Å²) in [5, 5.41) is 3.60. The van der Waals surface area contributed by atoms with Crippen LogP contribution in [0.2, 0.25) is 0 Å². The molecule has 1 aromatic carbocycles. The van der Waals surface area contributed by atoms with Gasteiger partial charge in [-0.25, -0.2) is 4.98 Å². The Hall–Kier alpha value is -2.78. The number of aryl methyl sites for hydroxylation is 2. The lowest BCUT2D eigenvalue weighted by Gasteiger charge is -2.04. The molecule has 5 nitrogen and oxygen atoms in total. The zero-order chi connectivity index (χ0) is 14.5. The first-order valence-electron chi connectivity index (χ1n) is 6.86. The Morgan fingerprint density at radius 2 is 1.90 bits per heavy atom. The second-order valence-electron chi connectivity index (χ2n) is 4.88. The molecule has 5 heteroatoms. The van der Waals surface area contributed by atoms with Gasteiger partial charge in [-0.3, -0.25) is 0 Å². The highest BCUT2D eigenvalue weighted by atomic mass is 15.1. The Bertz CT molecular complexity index is 785. The van der Waals surface area contributed by atoms with Crippen molar-refractivity contribution in [3.05, 3.63) is 82.3 Å². The van der Waals surface area contributed by atoms with Crippen molar-refractivity contribution in [3.63, 3.8) is 0 Å². The fourth-order valence-corrected chi connectivity index (χ4v) is 2.38. The average Bonchev–Trinajstić information content (AvgIpc) is 2.94. The molecule has 0 N–H and O–H groups in total. The third kappa shape index (κ3) is 3.04. The first-order chi connectivity index (χ1) is 10.4. The molecule has 3 aromatic rings. The summed E-state index contributed by atoms with van der Waals surface area (Å²) in [5.74, 6) is 1.02. The summed E-state index contributed by atoms with van der Waals surface area (Å²) >= 11 is 0. The van der Waals surface area contributed by atoms with Crippen LogP contribution in [0.25, 0.3) is 16.0 Å². The smallest absolute Gasteiger partial charge is 0.113 e. The summed E-state index contributed by atoms with van der Waals surface area (Å²) < 4.78 is 2.07. The van der Waals surface area contributed by atoms with Crippen LogP contribution in [-0.4, -0.2) is 9.38 Å². The van der Waals surface area contributed by atoms with Gasteiger partial charge >= 0.3 is 0 Å². The van der Waals surface area contributed by atoms with Crippen LogP contribution in [0, 0.1) is 0 Å². The van der Waals surface area contributed by atoms with Crippen LogP contribution < -0.4 is 0 Å². The van der Waals surface area contributed by atoms with Gasteiger partial charge in [-0.05, 0) is 29.1 Å². The van der Waals surface area contributed by atoms with Crippen LogP contribution in [0.15, 0.2) is 60.0 Å². The van der Waals surface area contributed by atoms with Crippen molar-refractivity contribution >= 4 is 5.52 Å². The van der Waals surface area contributed by atoms with Crippen LogP contribution in [0.3, 0.4) is 0 Å². The fourth-order valence-electron chi connectivity index (χ4n) is 2.38. The highest BCUT2D eigenvalue weighted by molar-refractivity contribution is 5.47. The maximum atomic E-state index is 8.40. The van der Waals surface area contributed by atoms with Crippen molar-refractivity contribution in [1.29, 1.82) is 0 Å². The molecular formula is C16H15N5. The molecular weight excluding hydrogens is 262 g/mol. The molecule has 0 fully saturated rings. The quantitative estimate of drug-likeness (QED) is 0.396. The van der Waals surface area contributed by atoms with E-state index in [0.29, 0.717) is 6.54 Å². The number of fused-ring (bicyclic) bond motifs is 1.